The number of nitrogens with one attached hydrogen (secondary N) is 1. The van der Waals surface area contributed by atoms with Crippen LogP contribution >= 0.6 is 0 Å². The lowest BCUT2D eigenvalue weighted by Gasteiger charge is -2.29. The van der Waals surface area contributed by atoms with Gasteiger partial charge in [0.25, 0.3) is 0 Å². The molecule has 1 heterocycles. The van der Waals surface area contributed by atoms with Crippen molar-refractivity contribution in [3.8, 4) is 0 Å². The summed E-state index contributed by atoms with van der Waals surface area (Å²) in [5, 5.41) is 3.53. The fourth-order valence-electron chi connectivity index (χ4n) is 2.86. The fraction of sp³-hybridized carbons (Fsp3) is 0.750. The molecule has 0 radical (unpaired) electrons. The molecule has 0 spiro atoms. The van der Waals surface area contributed by atoms with Gasteiger partial charge in [0.1, 0.15) is 17.5 Å². The summed E-state index contributed by atoms with van der Waals surface area (Å²) in [6.45, 7) is 8.58. The summed E-state index contributed by atoms with van der Waals surface area (Å²) < 4.78 is 0. The maximum Gasteiger partial charge on any atom is 0.138 e. The summed E-state index contributed by atoms with van der Waals surface area (Å²) in [4.78, 5) is 8.99. The molecular weight excluding hydrogens is 248 g/mol. The van der Waals surface area contributed by atoms with Crippen molar-refractivity contribution < 1.29 is 0 Å². The van der Waals surface area contributed by atoms with Gasteiger partial charge in [-0.05, 0) is 25.7 Å². The number of nitrogens with zero attached hydrogens (tertiary/aromatic N) is 2. The van der Waals surface area contributed by atoms with Crippen LogP contribution in [-0.2, 0) is 5.41 Å². The monoisotopic (exact) mass is 276 g/mol. The average Bonchev–Trinajstić information content (AvgIpc) is 2.38. The Morgan fingerprint density at radius 2 is 1.85 bits per heavy atom. The number of nitrogens with two attached hydrogens (primary N) is 1. The van der Waals surface area contributed by atoms with Gasteiger partial charge in [-0.3, -0.25) is 0 Å². The van der Waals surface area contributed by atoms with E-state index in [1.54, 1.807) is 0 Å². The molecule has 1 fully saturated rings. The molecule has 1 aliphatic carbocycles. The zero-order chi connectivity index (χ0) is 14.8. The maximum atomic E-state index is 5.92. The van der Waals surface area contributed by atoms with Gasteiger partial charge < -0.3 is 11.1 Å². The van der Waals surface area contributed by atoms with Gasteiger partial charge in [-0.25, -0.2) is 9.97 Å². The number of hydrogen-bond donors (Lipinski definition) is 2. The molecule has 1 unspecified atom stereocenters. The first-order valence-electron chi connectivity index (χ1n) is 7.78. The molecule has 1 atom stereocenters. The molecule has 112 valence electrons. The Hall–Kier alpha value is -1.32. The van der Waals surface area contributed by atoms with Gasteiger partial charge in [0.05, 0.1) is 0 Å². The minimum Gasteiger partial charge on any atom is -0.384 e. The van der Waals surface area contributed by atoms with E-state index in [-0.39, 0.29) is 5.41 Å². The molecule has 4 heteroatoms. The van der Waals surface area contributed by atoms with Crippen molar-refractivity contribution in [2.75, 3.05) is 11.1 Å². The van der Waals surface area contributed by atoms with Gasteiger partial charge in [0.15, 0.2) is 0 Å². The van der Waals surface area contributed by atoms with Gasteiger partial charge in [-0.2, -0.15) is 0 Å². The third-order valence-corrected chi connectivity index (χ3v) is 4.15. The Balaban J connectivity index is 2.10. The molecule has 0 saturated heterocycles. The van der Waals surface area contributed by atoms with Crippen LogP contribution in [0, 0.1) is 5.92 Å². The van der Waals surface area contributed by atoms with Crippen molar-refractivity contribution in [2.24, 2.45) is 5.92 Å². The molecule has 1 saturated carbocycles. The molecule has 20 heavy (non-hydrogen) atoms. The normalized spacial score (nSPS) is 18.8. The lowest BCUT2D eigenvalue weighted by molar-refractivity contribution is 0.328. The van der Waals surface area contributed by atoms with Crippen LogP contribution in [0.15, 0.2) is 6.07 Å². The highest BCUT2D eigenvalue weighted by atomic mass is 15.1. The standard InChI is InChI=1S/C16H28N4/c1-11(12-8-6-5-7-9-12)18-14-10-13(17)19-15(20-14)16(2,3)4/h10-12H,5-9H2,1-4H3,(H3,17,18,19,20). The Morgan fingerprint density at radius 1 is 1.20 bits per heavy atom. The quantitative estimate of drug-likeness (QED) is 0.882. The third-order valence-electron chi connectivity index (χ3n) is 4.15. The molecule has 1 aromatic heterocycles. The molecule has 0 amide bonds. The van der Waals surface area contributed by atoms with Crippen LogP contribution in [0.2, 0.25) is 0 Å². The SMILES string of the molecule is CC(Nc1cc(N)nc(C(C)(C)C)n1)C1CCCCC1. The molecular formula is C16H28N4. The van der Waals surface area contributed by atoms with Crippen molar-refractivity contribution in [3.05, 3.63) is 11.9 Å². The van der Waals surface area contributed by atoms with Crippen molar-refractivity contribution >= 4 is 11.6 Å². The minimum atomic E-state index is -0.0834. The molecule has 1 aromatic rings. The van der Waals surface area contributed by atoms with E-state index in [0.29, 0.717) is 11.9 Å². The van der Waals surface area contributed by atoms with Gasteiger partial charge >= 0.3 is 0 Å². The van der Waals surface area contributed by atoms with Gasteiger partial charge in [-0.1, -0.05) is 40.0 Å². The number of nitrogen functional groups attached to an aromatic ring is 1. The summed E-state index contributed by atoms with van der Waals surface area (Å²) in [7, 11) is 0. The van der Waals surface area contributed by atoms with Gasteiger partial charge in [-0.15, -0.1) is 0 Å². The molecule has 1 aliphatic rings. The second-order valence-electron chi connectivity index (χ2n) is 7.08. The molecule has 0 aromatic carbocycles. The summed E-state index contributed by atoms with van der Waals surface area (Å²) in [6.07, 6.45) is 6.74. The van der Waals surface area contributed by atoms with Crippen LogP contribution in [0.1, 0.15) is 65.6 Å². The second-order valence-corrected chi connectivity index (χ2v) is 7.08. The molecule has 4 nitrogen and oxygen atoms in total. The van der Waals surface area contributed by atoms with Crippen molar-refractivity contribution in [1.82, 2.24) is 9.97 Å². The van der Waals surface area contributed by atoms with Crippen LogP contribution in [-0.4, -0.2) is 16.0 Å². The van der Waals surface area contributed by atoms with E-state index >= 15 is 0 Å². The predicted octanol–water partition coefficient (Wildman–Crippen LogP) is 3.74. The smallest absolute Gasteiger partial charge is 0.138 e. The summed E-state index contributed by atoms with van der Waals surface area (Å²) in [5.41, 5.74) is 5.84. The van der Waals surface area contributed by atoms with E-state index in [2.05, 4.69) is 43.0 Å². The summed E-state index contributed by atoms with van der Waals surface area (Å²) >= 11 is 0. The largest absolute Gasteiger partial charge is 0.384 e. The van der Waals surface area contributed by atoms with Crippen LogP contribution < -0.4 is 11.1 Å². The Morgan fingerprint density at radius 3 is 2.45 bits per heavy atom. The van der Waals surface area contributed by atoms with Crippen LogP contribution in [0.3, 0.4) is 0 Å². The van der Waals surface area contributed by atoms with Crippen LogP contribution in [0.4, 0.5) is 11.6 Å². The summed E-state index contributed by atoms with van der Waals surface area (Å²) in [6, 6.07) is 2.28. The highest BCUT2D eigenvalue weighted by Gasteiger charge is 2.22. The van der Waals surface area contributed by atoms with E-state index in [4.69, 9.17) is 5.73 Å². The lowest BCUT2D eigenvalue weighted by atomic mass is 9.84. The average molecular weight is 276 g/mol. The number of anilines is 2. The highest BCUT2D eigenvalue weighted by molar-refractivity contribution is 5.46. The molecule has 0 aliphatic heterocycles. The zero-order valence-electron chi connectivity index (χ0n) is 13.2. The van der Waals surface area contributed by atoms with Crippen molar-refractivity contribution in [2.45, 2.75) is 71.3 Å². The Bertz CT molecular complexity index is 444. The van der Waals surface area contributed by atoms with Crippen molar-refractivity contribution in [3.63, 3.8) is 0 Å². The first-order valence-corrected chi connectivity index (χ1v) is 7.78. The fourth-order valence-corrected chi connectivity index (χ4v) is 2.86. The highest BCUT2D eigenvalue weighted by Crippen LogP contribution is 2.28. The number of aromatic nitrogens is 2. The maximum absolute atomic E-state index is 5.92. The van der Waals surface area contributed by atoms with E-state index in [1.165, 1.54) is 32.1 Å². The number of hydrogen-bond acceptors (Lipinski definition) is 4. The molecule has 3 N–H and O–H groups in total. The molecule has 2 rings (SSSR count). The van der Waals surface area contributed by atoms with E-state index in [9.17, 15) is 0 Å². The van der Waals surface area contributed by atoms with Crippen LogP contribution in [0.25, 0.3) is 0 Å². The first kappa shape index (κ1) is 15.1. The number of rotatable bonds is 3. The summed E-state index contributed by atoms with van der Waals surface area (Å²) in [5.74, 6) is 2.96. The topological polar surface area (TPSA) is 63.8 Å². The predicted molar refractivity (Wildman–Crippen MR) is 84.8 cm³/mol. The van der Waals surface area contributed by atoms with E-state index in [0.717, 1.165) is 17.6 Å². The minimum absolute atomic E-state index is 0.0834. The Kier molecular flexibility index (Phi) is 4.51. The van der Waals surface area contributed by atoms with E-state index in [1.807, 2.05) is 6.07 Å². The molecule has 0 bridgehead atoms. The lowest BCUT2D eigenvalue weighted by Crippen LogP contribution is -2.29. The second kappa shape index (κ2) is 5.98. The Labute approximate surface area is 122 Å². The van der Waals surface area contributed by atoms with Gasteiger partial charge in [0, 0.05) is 17.5 Å². The first-order chi connectivity index (χ1) is 9.36. The third kappa shape index (κ3) is 3.84. The van der Waals surface area contributed by atoms with Crippen molar-refractivity contribution in [1.29, 1.82) is 0 Å². The van der Waals surface area contributed by atoms with Gasteiger partial charge in [0.2, 0.25) is 0 Å². The van der Waals surface area contributed by atoms with E-state index < -0.39 is 0 Å². The van der Waals surface area contributed by atoms with Crippen LogP contribution in [0.5, 0.6) is 0 Å². The zero-order valence-corrected chi connectivity index (χ0v) is 13.2.